The zero-order valence-corrected chi connectivity index (χ0v) is 16.7. The monoisotopic (exact) mass is 358 g/mol. The zero-order chi connectivity index (χ0) is 19.5. The maximum absolute atomic E-state index is 12.7. The quantitative estimate of drug-likeness (QED) is 0.554. The molecule has 0 bridgehead atoms. The molecule has 1 atom stereocenters. The first-order chi connectivity index (χ1) is 12.2. The number of benzene rings is 1. The summed E-state index contributed by atoms with van der Waals surface area (Å²) in [5, 5.41) is 0. The summed E-state index contributed by atoms with van der Waals surface area (Å²) >= 11 is 0. The van der Waals surface area contributed by atoms with E-state index in [2.05, 4.69) is 30.9 Å². The number of carbonyl (C=O) groups excluding carboxylic acids is 2. The Bertz CT molecular complexity index is 709. The standard InChI is InChI=1S/C21H30N2O3/c1-7-23(13-15(2)20(25)26-6)14-16(24)12-19-21(3,4)17-10-8-9-11-18(17)22(19)5/h8-12,15H,7,13-14H2,1-6H3/b19-12-. The van der Waals surface area contributed by atoms with Gasteiger partial charge in [-0.15, -0.1) is 0 Å². The van der Waals surface area contributed by atoms with E-state index in [-0.39, 0.29) is 23.1 Å². The number of likely N-dealkylation sites (N-methyl/N-ethyl adjacent to an activating group) is 2. The van der Waals surface area contributed by atoms with Crippen molar-refractivity contribution in [3.8, 4) is 0 Å². The predicted molar refractivity (Wildman–Crippen MR) is 104 cm³/mol. The van der Waals surface area contributed by atoms with Crippen molar-refractivity contribution in [3.05, 3.63) is 41.6 Å². The maximum atomic E-state index is 12.7. The van der Waals surface area contributed by atoms with E-state index in [9.17, 15) is 9.59 Å². The molecule has 0 spiro atoms. The molecule has 1 aliphatic rings. The van der Waals surface area contributed by atoms with Crippen LogP contribution in [0.1, 0.15) is 33.3 Å². The lowest BCUT2D eigenvalue weighted by Crippen LogP contribution is -2.36. The van der Waals surface area contributed by atoms with Gasteiger partial charge in [-0.2, -0.15) is 0 Å². The third kappa shape index (κ3) is 3.98. The molecule has 0 saturated heterocycles. The molecule has 5 nitrogen and oxygen atoms in total. The fraction of sp³-hybridized carbons (Fsp3) is 0.524. The van der Waals surface area contributed by atoms with E-state index in [1.807, 2.05) is 37.9 Å². The summed E-state index contributed by atoms with van der Waals surface area (Å²) in [4.78, 5) is 28.4. The number of esters is 1. The Morgan fingerprint density at radius 2 is 1.96 bits per heavy atom. The minimum absolute atomic E-state index is 0.0478. The largest absolute Gasteiger partial charge is 0.469 e. The van der Waals surface area contributed by atoms with Crippen molar-refractivity contribution < 1.29 is 14.3 Å². The van der Waals surface area contributed by atoms with E-state index in [0.717, 1.165) is 11.4 Å². The average molecular weight is 358 g/mol. The van der Waals surface area contributed by atoms with Gasteiger partial charge in [-0.3, -0.25) is 14.5 Å². The van der Waals surface area contributed by atoms with Crippen LogP contribution in [0.15, 0.2) is 36.0 Å². The molecule has 0 aromatic heterocycles. The Balaban J connectivity index is 2.14. The number of allylic oxidation sites excluding steroid dienone is 1. The number of para-hydroxylation sites is 1. The summed E-state index contributed by atoms with van der Waals surface area (Å²) in [5.74, 6) is -0.455. The summed E-state index contributed by atoms with van der Waals surface area (Å²) in [7, 11) is 3.39. The van der Waals surface area contributed by atoms with Gasteiger partial charge in [0, 0.05) is 36.5 Å². The third-order valence-electron chi connectivity index (χ3n) is 5.20. The fourth-order valence-corrected chi connectivity index (χ4v) is 3.65. The first-order valence-corrected chi connectivity index (χ1v) is 9.10. The molecule has 1 aromatic rings. The van der Waals surface area contributed by atoms with Crippen LogP contribution in [0.2, 0.25) is 0 Å². The first kappa shape index (κ1) is 20.2. The molecule has 1 unspecified atom stereocenters. The van der Waals surface area contributed by atoms with Gasteiger partial charge in [0.1, 0.15) is 0 Å². The van der Waals surface area contributed by atoms with Crippen molar-refractivity contribution in [2.45, 2.75) is 33.1 Å². The number of ketones is 1. The van der Waals surface area contributed by atoms with Crippen molar-refractivity contribution in [1.29, 1.82) is 0 Å². The molecule has 0 radical (unpaired) electrons. The van der Waals surface area contributed by atoms with Crippen LogP contribution >= 0.6 is 0 Å². The lowest BCUT2D eigenvalue weighted by Gasteiger charge is -2.25. The van der Waals surface area contributed by atoms with Gasteiger partial charge >= 0.3 is 5.97 Å². The molecule has 0 aliphatic carbocycles. The second kappa shape index (κ2) is 8.04. The minimum atomic E-state index is -0.254. The van der Waals surface area contributed by atoms with E-state index in [1.54, 1.807) is 6.08 Å². The highest BCUT2D eigenvalue weighted by atomic mass is 16.5. The lowest BCUT2D eigenvalue weighted by molar-refractivity contribution is -0.145. The van der Waals surface area contributed by atoms with Gasteiger partial charge < -0.3 is 9.64 Å². The van der Waals surface area contributed by atoms with Crippen LogP contribution in [0.25, 0.3) is 0 Å². The van der Waals surface area contributed by atoms with Gasteiger partial charge in [0.05, 0.1) is 19.6 Å². The van der Waals surface area contributed by atoms with Gasteiger partial charge in [-0.05, 0) is 18.2 Å². The molecular formula is C21H30N2O3. The third-order valence-corrected chi connectivity index (χ3v) is 5.20. The number of ether oxygens (including phenoxy) is 1. The number of nitrogens with zero attached hydrogens (tertiary/aromatic N) is 2. The minimum Gasteiger partial charge on any atom is -0.469 e. The lowest BCUT2D eigenvalue weighted by atomic mass is 9.83. The van der Waals surface area contributed by atoms with Crippen molar-refractivity contribution in [1.82, 2.24) is 4.90 Å². The number of carbonyl (C=O) groups is 2. The van der Waals surface area contributed by atoms with Crippen molar-refractivity contribution in [2.24, 2.45) is 5.92 Å². The molecule has 0 fully saturated rings. The highest BCUT2D eigenvalue weighted by molar-refractivity contribution is 5.94. The Hall–Kier alpha value is -2.14. The van der Waals surface area contributed by atoms with Crippen molar-refractivity contribution >= 4 is 17.4 Å². The number of fused-ring (bicyclic) bond motifs is 1. The Kier molecular flexibility index (Phi) is 6.24. The highest BCUT2D eigenvalue weighted by Gasteiger charge is 2.38. The first-order valence-electron chi connectivity index (χ1n) is 9.10. The second-order valence-electron chi connectivity index (χ2n) is 7.45. The molecule has 0 N–H and O–H groups in total. The van der Waals surface area contributed by atoms with Crippen LogP contribution in [0.5, 0.6) is 0 Å². The Morgan fingerprint density at radius 1 is 1.31 bits per heavy atom. The van der Waals surface area contributed by atoms with E-state index in [0.29, 0.717) is 19.6 Å². The van der Waals surface area contributed by atoms with Gasteiger partial charge in [-0.25, -0.2) is 0 Å². The summed E-state index contributed by atoms with van der Waals surface area (Å²) < 4.78 is 4.78. The van der Waals surface area contributed by atoms with Crippen LogP contribution in [0, 0.1) is 5.92 Å². The average Bonchev–Trinajstić information content (AvgIpc) is 2.81. The Labute approximate surface area is 156 Å². The second-order valence-corrected chi connectivity index (χ2v) is 7.45. The highest BCUT2D eigenvalue weighted by Crippen LogP contribution is 2.46. The van der Waals surface area contributed by atoms with E-state index >= 15 is 0 Å². The summed E-state index contributed by atoms with van der Waals surface area (Å²) in [6.07, 6.45) is 1.76. The number of hydrogen-bond donors (Lipinski definition) is 0. The van der Waals surface area contributed by atoms with Crippen LogP contribution in [-0.4, -0.2) is 50.4 Å². The molecule has 142 valence electrons. The van der Waals surface area contributed by atoms with E-state index < -0.39 is 0 Å². The predicted octanol–water partition coefficient (Wildman–Crippen LogP) is 3.00. The van der Waals surface area contributed by atoms with E-state index in [4.69, 9.17) is 4.74 Å². The summed E-state index contributed by atoms with van der Waals surface area (Å²) in [6, 6.07) is 8.25. The van der Waals surface area contributed by atoms with Crippen LogP contribution < -0.4 is 4.90 Å². The Morgan fingerprint density at radius 3 is 2.54 bits per heavy atom. The van der Waals surface area contributed by atoms with Gasteiger partial charge in [-0.1, -0.05) is 45.9 Å². The van der Waals surface area contributed by atoms with Crippen LogP contribution in [0.4, 0.5) is 5.69 Å². The molecular weight excluding hydrogens is 328 g/mol. The van der Waals surface area contributed by atoms with E-state index in [1.165, 1.54) is 12.7 Å². The van der Waals surface area contributed by atoms with Crippen molar-refractivity contribution in [2.75, 3.05) is 38.7 Å². The number of rotatable bonds is 7. The number of anilines is 1. The number of hydrogen-bond acceptors (Lipinski definition) is 5. The van der Waals surface area contributed by atoms with Crippen LogP contribution in [0.3, 0.4) is 0 Å². The van der Waals surface area contributed by atoms with Gasteiger partial charge in [0.15, 0.2) is 5.78 Å². The van der Waals surface area contributed by atoms with Crippen molar-refractivity contribution in [3.63, 3.8) is 0 Å². The zero-order valence-electron chi connectivity index (χ0n) is 16.7. The van der Waals surface area contributed by atoms with Gasteiger partial charge in [0.2, 0.25) is 0 Å². The SMILES string of the molecule is CCN(CC(=O)/C=C1\N(C)c2ccccc2C1(C)C)CC(C)C(=O)OC. The molecule has 2 rings (SSSR count). The maximum Gasteiger partial charge on any atom is 0.309 e. The topological polar surface area (TPSA) is 49.9 Å². The van der Waals surface area contributed by atoms with Crippen LogP contribution in [-0.2, 0) is 19.7 Å². The van der Waals surface area contributed by atoms with Gasteiger partial charge in [0.25, 0.3) is 0 Å². The molecule has 26 heavy (non-hydrogen) atoms. The summed E-state index contributed by atoms with van der Waals surface area (Å²) in [6.45, 7) is 9.61. The normalized spacial score (nSPS) is 18.1. The molecule has 1 heterocycles. The number of methoxy groups -OCH3 is 1. The molecule has 0 saturated carbocycles. The smallest absolute Gasteiger partial charge is 0.309 e. The summed E-state index contributed by atoms with van der Waals surface area (Å²) in [5.41, 5.74) is 3.16. The molecule has 5 heteroatoms. The molecule has 0 amide bonds. The molecule has 1 aliphatic heterocycles. The molecule has 1 aromatic carbocycles. The fourth-order valence-electron chi connectivity index (χ4n) is 3.65.